The van der Waals surface area contributed by atoms with Gasteiger partial charge in [-0.15, -0.1) is 0 Å². The van der Waals surface area contributed by atoms with Crippen LogP contribution < -0.4 is 0 Å². The van der Waals surface area contributed by atoms with E-state index in [2.05, 4.69) is 113 Å². The summed E-state index contributed by atoms with van der Waals surface area (Å²) in [7, 11) is 0. The third kappa shape index (κ3) is 3.29. The van der Waals surface area contributed by atoms with Gasteiger partial charge >= 0.3 is 0 Å². The summed E-state index contributed by atoms with van der Waals surface area (Å²) in [5, 5.41) is 2.46. The zero-order valence-corrected chi connectivity index (χ0v) is 19.4. The van der Waals surface area contributed by atoms with Crippen molar-refractivity contribution in [1.29, 1.82) is 0 Å². The predicted octanol–water partition coefficient (Wildman–Crippen LogP) is 7.78. The van der Waals surface area contributed by atoms with Gasteiger partial charge in [0.15, 0.2) is 0 Å². The Morgan fingerprint density at radius 3 is 2.21 bits per heavy atom. The van der Waals surface area contributed by atoms with E-state index in [1.54, 1.807) is 6.33 Å². The van der Waals surface area contributed by atoms with E-state index in [0.717, 1.165) is 23.1 Å². The van der Waals surface area contributed by atoms with Crippen molar-refractivity contribution in [2.45, 2.75) is 20.3 Å². The monoisotopic (exact) mass is 439 g/mol. The second kappa shape index (κ2) is 8.27. The molecule has 0 aliphatic rings. The van der Waals surface area contributed by atoms with Gasteiger partial charge in [0.05, 0.1) is 29.1 Å². The number of aromatic nitrogens is 3. The van der Waals surface area contributed by atoms with Crippen LogP contribution >= 0.6 is 0 Å². The molecule has 0 aliphatic heterocycles. The molecule has 0 saturated heterocycles. The molecule has 6 rings (SSSR count). The van der Waals surface area contributed by atoms with Crippen molar-refractivity contribution in [3.05, 3.63) is 115 Å². The van der Waals surface area contributed by atoms with Crippen LogP contribution in [0.25, 0.3) is 49.7 Å². The van der Waals surface area contributed by atoms with Crippen LogP contribution in [0.1, 0.15) is 18.1 Å². The summed E-state index contributed by atoms with van der Waals surface area (Å²) in [6.07, 6.45) is 6.31. The maximum atomic E-state index is 4.25. The predicted molar refractivity (Wildman–Crippen MR) is 141 cm³/mol. The molecule has 0 aliphatic carbocycles. The van der Waals surface area contributed by atoms with Gasteiger partial charge in [-0.1, -0.05) is 67.6 Å². The molecule has 0 unspecified atom stereocenters. The molecular weight excluding hydrogens is 414 g/mol. The van der Waals surface area contributed by atoms with Crippen LogP contribution in [0, 0.1) is 6.92 Å². The van der Waals surface area contributed by atoms with Gasteiger partial charge in [0, 0.05) is 10.8 Å². The van der Waals surface area contributed by atoms with Crippen molar-refractivity contribution in [1.82, 2.24) is 14.5 Å². The van der Waals surface area contributed by atoms with Gasteiger partial charge in [0.2, 0.25) is 0 Å². The Bertz CT molecular complexity index is 1640. The Labute approximate surface area is 199 Å². The second-order valence-electron chi connectivity index (χ2n) is 8.72. The van der Waals surface area contributed by atoms with Crippen LogP contribution in [-0.4, -0.2) is 14.5 Å². The molecule has 0 saturated carbocycles. The first-order chi connectivity index (χ1) is 16.7. The van der Waals surface area contributed by atoms with E-state index in [1.165, 1.54) is 44.2 Å². The smallest absolute Gasteiger partial charge is 0.115 e. The summed E-state index contributed by atoms with van der Waals surface area (Å²) in [6.45, 7) is 4.42. The van der Waals surface area contributed by atoms with Crippen molar-refractivity contribution in [2.24, 2.45) is 0 Å². The normalized spacial score (nSPS) is 11.4. The molecule has 0 atom stereocenters. The van der Waals surface area contributed by atoms with E-state index in [0.29, 0.717) is 0 Å². The van der Waals surface area contributed by atoms with E-state index < -0.39 is 0 Å². The van der Waals surface area contributed by atoms with Crippen molar-refractivity contribution < 1.29 is 0 Å². The number of rotatable bonds is 4. The Morgan fingerprint density at radius 2 is 1.38 bits per heavy atom. The molecule has 3 nitrogen and oxygen atoms in total. The highest BCUT2D eigenvalue weighted by molar-refractivity contribution is 6.10. The molecule has 0 N–H and O–H groups in total. The number of benzene rings is 4. The molecule has 0 bridgehead atoms. The molecule has 0 amide bonds. The summed E-state index contributed by atoms with van der Waals surface area (Å²) < 4.78 is 2.24. The Kier molecular flexibility index (Phi) is 4.96. The first-order valence-corrected chi connectivity index (χ1v) is 11.7. The van der Waals surface area contributed by atoms with E-state index >= 15 is 0 Å². The van der Waals surface area contributed by atoms with Gasteiger partial charge in [-0.3, -0.25) is 0 Å². The van der Waals surface area contributed by atoms with E-state index in [1.807, 2.05) is 12.4 Å². The lowest BCUT2D eigenvalue weighted by Gasteiger charge is -2.14. The largest absolute Gasteiger partial charge is 0.306 e. The van der Waals surface area contributed by atoms with Crippen LogP contribution in [0.3, 0.4) is 0 Å². The Morgan fingerprint density at radius 1 is 0.676 bits per heavy atom. The number of fused-ring (bicyclic) bond motifs is 3. The maximum Gasteiger partial charge on any atom is 0.115 e. The summed E-state index contributed by atoms with van der Waals surface area (Å²) in [5.74, 6) is 0. The molecule has 164 valence electrons. The Balaban J connectivity index is 1.57. The highest BCUT2D eigenvalue weighted by Crippen LogP contribution is 2.36. The van der Waals surface area contributed by atoms with Crippen LogP contribution in [-0.2, 0) is 6.42 Å². The number of nitrogens with zero attached hydrogens (tertiary/aromatic N) is 3. The van der Waals surface area contributed by atoms with Gasteiger partial charge < -0.3 is 4.57 Å². The third-order valence-corrected chi connectivity index (χ3v) is 6.74. The Hall–Kier alpha value is -4.24. The molecule has 3 heteroatoms. The molecule has 0 fully saturated rings. The summed E-state index contributed by atoms with van der Waals surface area (Å²) in [5.41, 5.74) is 11.0. The number of para-hydroxylation sites is 1. The molecule has 2 heterocycles. The number of hydrogen-bond donors (Lipinski definition) is 0. The van der Waals surface area contributed by atoms with Crippen molar-refractivity contribution in [2.75, 3.05) is 0 Å². The third-order valence-electron chi connectivity index (χ3n) is 6.74. The van der Waals surface area contributed by atoms with Gasteiger partial charge in [-0.05, 0) is 71.0 Å². The fraction of sp³-hybridized carbons (Fsp3) is 0.0968. The van der Waals surface area contributed by atoms with Crippen LogP contribution in [0.2, 0.25) is 0 Å². The maximum absolute atomic E-state index is 4.25. The first kappa shape index (κ1) is 20.4. The fourth-order valence-corrected chi connectivity index (χ4v) is 5.03. The van der Waals surface area contributed by atoms with Gasteiger partial charge in [-0.2, -0.15) is 0 Å². The summed E-state index contributed by atoms with van der Waals surface area (Å²) in [6, 6.07) is 30.9. The molecule has 0 spiro atoms. The zero-order valence-electron chi connectivity index (χ0n) is 19.4. The molecule has 2 aromatic heterocycles. The average Bonchev–Trinajstić information content (AvgIpc) is 3.23. The molecule has 0 radical (unpaired) electrons. The van der Waals surface area contributed by atoms with Crippen molar-refractivity contribution >= 4 is 21.8 Å². The minimum absolute atomic E-state index is 0.968. The van der Waals surface area contributed by atoms with E-state index in [-0.39, 0.29) is 0 Å². The topological polar surface area (TPSA) is 30.7 Å². The van der Waals surface area contributed by atoms with Gasteiger partial charge in [0.25, 0.3) is 0 Å². The average molecular weight is 440 g/mol. The molecule has 6 aromatic rings. The minimum Gasteiger partial charge on any atom is -0.306 e. The highest BCUT2D eigenvalue weighted by atomic mass is 15.0. The lowest BCUT2D eigenvalue weighted by molar-refractivity contribution is 1.07. The minimum atomic E-state index is 0.968. The second-order valence-corrected chi connectivity index (χ2v) is 8.72. The van der Waals surface area contributed by atoms with Crippen LogP contribution in [0.5, 0.6) is 0 Å². The fourth-order valence-electron chi connectivity index (χ4n) is 5.03. The van der Waals surface area contributed by atoms with E-state index in [4.69, 9.17) is 0 Å². The van der Waals surface area contributed by atoms with Crippen molar-refractivity contribution in [3.63, 3.8) is 0 Å². The molecule has 34 heavy (non-hydrogen) atoms. The lowest BCUT2D eigenvalue weighted by Crippen LogP contribution is -1.95. The number of aryl methyl sites for hydroxylation is 2. The molecular formula is C31H25N3. The van der Waals surface area contributed by atoms with Gasteiger partial charge in [0.1, 0.15) is 6.33 Å². The quantitative estimate of drug-likeness (QED) is 0.281. The number of hydrogen-bond acceptors (Lipinski definition) is 2. The summed E-state index contributed by atoms with van der Waals surface area (Å²) >= 11 is 0. The highest BCUT2D eigenvalue weighted by Gasteiger charge is 2.14. The lowest BCUT2D eigenvalue weighted by atomic mass is 9.91. The first-order valence-electron chi connectivity index (χ1n) is 11.7. The zero-order chi connectivity index (χ0) is 23.1. The standard InChI is InChI=1S/C31H25N3/c1-3-22-12-13-23(16-28(22)26-9-5-4-8-21(26)2)24-14-15-31-29(17-24)27-10-6-7-11-30(27)34(31)25-18-32-20-33-19-25/h4-20H,3H2,1-2H3. The summed E-state index contributed by atoms with van der Waals surface area (Å²) in [4.78, 5) is 8.50. The van der Waals surface area contributed by atoms with Crippen molar-refractivity contribution in [3.8, 4) is 27.9 Å². The molecule has 4 aromatic carbocycles. The van der Waals surface area contributed by atoms with Gasteiger partial charge in [-0.25, -0.2) is 9.97 Å². The van der Waals surface area contributed by atoms with Crippen LogP contribution in [0.15, 0.2) is 104 Å². The SMILES string of the molecule is CCc1ccc(-c2ccc3c(c2)c2ccccc2n3-c2cncnc2)cc1-c1ccccc1C. The van der Waals surface area contributed by atoms with Crippen LogP contribution in [0.4, 0.5) is 0 Å². The van der Waals surface area contributed by atoms with E-state index in [9.17, 15) is 0 Å².